The molecule has 0 fully saturated rings. The Morgan fingerprint density at radius 1 is 1.09 bits per heavy atom. The second-order valence-corrected chi connectivity index (χ2v) is 5.15. The smallest absolute Gasteiger partial charge is 0.253 e. The second kappa shape index (κ2) is 7.97. The first-order valence-corrected chi connectivity index (χ1v) is 7.26. The lowest BCUT2D eigenvalue weighted by Gasteiger charge is -2.08. The lowest BCUT2D eigenvalue weighted by Crippen LogP contribution is -2.23. The number of nitriles is 1. The molecule has 6 heteroatoms. The third kappa shape index (κ3) is 4.83. The number of carbonyl (C=O) groups excluding carboxylic acids is 2. The molecule has 23 heavy (non-hydrogen) atoms. The molecule has 0 saturated carbocycles. The van der Waals surface area contributed by atoms with Crippen molar-refractivity contribution in [3.05, 3.63) is 64.7 Å². The van der Waals surface area contributed by atoms with E-state index in [9.17, 15) is 9.59 Å². The van der Waals surface area contributed by atoms with Crippen LogP contribution in [0.4, 0.5) is 5.69 Å². The maximum atomic E-state index is 12.0. The number of hydrogen-bond donors (Lipinski definition) is 2. The number of nitrogens with one attached hydrogen (secondary N) is 2. The molecule has 2 aromatic rings. The highest BCUT2D eigenvalue weighted by molar-refractivity contribution is 6.33. The highest BCUT2D eigenvalue weighted by atomic mass is 35.5. The van der Waals surface area contributed by atoms with Gasteiger partial charge in [0.15, 0.2) is 0 Å². The lowest BCUT2D eigenvalue weighted by molar-refractivity contribution is -0.115. The number of amides is 2. The van der Waals surface area contributed by atoms with Crippen molar-refractivity contribution in [2.45, 2.75) is 13.0 Å². The Kier molecular flexibility index (Phi) is 5.73. The molecule has 0 aliphatic carbocycles. The molecular formula is C17H14ClN3O2. The van der Waals surface area contributed by atoms with Crippen LogP contribution in [0.25, 0.3) is 0 Å². The fourth-order valence-electron chi connectivity index (χ4n) is 1.91. The minimum absolute atomic E-state index is 0.185. The standard InChI is InChI=1S/C17H14ClN3O2/c18-15-4-2-1-3-14(15)17(23)20-11-12-5-7-13(8-6-12)21-16(22)9-10-19/h1-8H,9,11H2,(H,20,23)(H,21,22). The summed E-state index contributed by atoms with van der Waals surface area (Å²) in [5, 5.41) is 14.2. The van der Waals surface area contributed by atoms with Gasteiger partial charge < -0.3 is 10.6 Å². The third-order valence-electron chi connectivity index (χ3n) is 3.05. The fourth-order valence-corrected chi connectivity index (χ4v) is 2.13. The summed E-state index contributed by atoms with van der Waals surface area (Å²) in [4.78, 5) is 23.3. The van der Waals surface area contributed by atoms with Crippen molar-refractivity contribution in [1.82, 2.24) is 5.32 Å². The highest BCUT2D eigenvalue weighted by Gasteiger charge is 2.09. The predicted molar refractivity (Wildman–Crippen MR) is 87.9 cm³/mol. The van der Waals surface area contributed by atoms with Crippen LogP contribution in [-0.2, 0) is 11.3 Å². The molecule has 116 valence electrons. The number of carbonyl (C=O) groups is 2. The Morgan fingerprint density at radius 3 is 2.43 bits per heavy atom. The Hall–Kier alpha value is -2.84. The van der Waals surface area contributed by atoms with Gasteiger partial charge in [0.25, 0.3) is 5.91 Å². The van der Waals surface area contributed by atoms with E-state index in [4.69, 9.17) is 16.9 Å². The molecule has 0 unspecified atom stereocenters. The van der Waals surface area contributed by atoms with E-state index in [0.717, 1.165) is 5.56 Å². The Balaban J connectivity index is 1.92. The molecule has 0 radical (unpaired) electrons. The molecule has 2 amide bonds. The number of benzene rings is 2. The normalized spacial score (nSPS) is 9.74. The molecule has 0 spiro atoms. The molecule has 2 aromatic carbocycles. The molecule has 2 rings (SSSR count). The Morgan fingerprint density at radius 2 is 1.78 bits per heavy atom. The van der Waals surface area contributed by atoms with Crippen LogP contribution >= 0.6 is 11.6 Å². The molecule has 2 N–H and O–H groups in total. The molecular weight excluding hydrogens is 314 g/mol. The fraction of sp³-hybridized carbons (Fsp3) is 0.118. The molecule has 0 heterocycles. The number of halogens is 1. The number of nitrogens with zero attached hydrogens (tertiary/aromatic N) is 1. The SMILES string of the molecule is N#CCC(=O)Nc1ccc(CNC(=O)c2ccccc2Cl)cc1. The van der Waals surface area contributed by atoms with Crippen LogP contribution < -0.4 is 10.6 Å². The topological polar surface area (TPSA) is 82.0 Å². The van der Waals surface area contributed by atoms with Crippen LogP contribution in [0.5, 0.6) is 0 Å². The Bertz CT molecular complexity index is 751. The van der Waals surface area contributed by atoms with E-state index in [1.807, 2.05) is 0 Å². The summed E-state index contributed by atoms with van der Waals surface area (Å²) >= 11 is 5.97. The van der Waals surface area contributed by atoms with E-state index in [2.05, 4.69) is 10.6 Å². The zero-order chi connectivity index (χ0) is 16.7. The number of rotatable bonds is 5. The van der Waals surface area contributed by atoms with E-state index < -0.39 is 0 Å². The molecule has 0 bridgehead atoms. The van der Waals surface area contributed by atoms with Crippen molar-refractivity contribution in [3.8, 4) is 6.07 Å². The minimum atomic E-state index is -0.354. The minimum Gasteiger partial charge on any atom is -0.348 e. The van der Waals surface area contributed by atoms with Gasteiger partial charge in [-0.1, -0.05) is 35.9 Å². The highest BCUT2D eigenvalue weighted by Crippen LogP contribution is 2.15. The van der Waals surface area contributed by atoms with Crippen molar-refractivity contribution < 1.29 is 9.59 Å². The maximum Gasteiger partial charge on any atom is 0.253 e. The summed E-state index contributed by atoms with van der Waals surface area (Å²) in [5.41, 5.74) is 1.91. The zero-order valence-electron chi connectivity index (χ0n) is 12.2. The maximum absolute atomic E-state index is 12.0. The van der Waals surface area contributed by atoms with Gasteiger partial charge in [-0.05, 0) is 29.8 Å². The van der Waals surface area contributed by atoms with Gasteiger partial charge in [-0.3, -0.25) is 9.59 Å². The average Bonchev–Trinajstić information content (AvgIpc) is 2.54. The first-order chi connectivity index (χ1) is 11.1. The van der Waals surface area contributed by atoms with Crippen molar-refractivity contribution in [1.29, 1.82) is 5.26 Å². The summed E-state index contributed by atoms with van der Waals surface area (Å²) in [7, 11) is 0. The van der Waals surface area contributed by atoms with Gasteiger partial charge in [-0.25, -0.2) is 0 Å². The summed E-state index contributed by atoms with van der Waals surface area (Å²) in [6.45, 7) is 0.344. The molecule has 0 saturated heterocycles. The van der Waals surface area contributed by atoms with Gasteiger partial charge in [0, 0.05) is 12.2 Å². The molecule has 0 aliphatic heterocycles. The molecule has 5 nitrogen and oxygen atoms in total. The monoisotopic (exact) mass is 327 g/mol. The van der Waals surface area contributed by atoms with E-state index in [1.165, 1.54) is 0 Å². The van der Waals surface area contributed by atoms with Gasteiger partial charge in [0.1, 0.15) is 6.42 Å². The van der Waals surface area contributed by atoms with E-state index >= 15 is 0 Å². The van der Waals surface area contributed by atoms with Gasteiger partial charge in [0.2, 0.25) is 5.91 Å². The first-order valence-electron chi connectivity index (χ1n) is 6.88. The average molecular weight is 328 g/mol. The first kappa shape index (κ1) is 16.5. The second-order valence-electron chi connectivity index (χ2n) is 4.74. The van der Waals surface area contributed by atoms with E-state index in [-0.39, 0.29) is 18.2 Å². The van der Waals surface area contributed by atoms with Crippen LogP contribution in [0, 0.1) is 11.3 Å². The van der Waals surface area contributed by atoms with Gasteiger partial charge >= 0.3 is 0 Å². The van der Waals surface area contributed by atoms with Crippen molar-refractivity contribution in [3.63, 3.8) is 0 Å². The number of anilines is 1. The summed E-state index contributed by atoms with van der Waals surface area (Å²) in [6, 6.07) is 15.6. The lowest BCUT2D eigenvalue weighted by atomic mass is 10.1. The van der Waals surface area contributed by atoms with Crippen molar-refractivity contribution in [2.24, 2.45) is 0 Å². The zero-order valence-corrected chi connectivity index (χ0v) is 12.9. The third-order valence-corrected chi connectivity index (χ3v) is 3.38. The Labute approximate surface area is 138 Å². The predicted octanol–water partition coefficient (Wildman–Crippen LogP) is 3.12. The van der Waals surface area contributed by atoms with Crippen LogP contribution in [-0.4, -0.2) is 11.8 Å². The van der Waals surface area contributed by atoms with Crippen LogP contribution in [0.15, 0.2) is 48.5 Å². The molecule has 0 aromatic heterocycles. The summed E-state index contributed by atoms with van der Waals surface area (Å²) in [5.74, 6) is -0.603. The quantitative estimate of drug-likeness (QED) is 0.885. The van der Waals surface area contributed by atoms with E-state index in [0.29, 0.717) is 22.8 Å². The van der Waals surface area contributed by atoms with Crippen LogP contribution in [0.2, 0.25) is 5.02 Å². The molecule has 0 atom stereocenters. The van der Waals surface area contributed by atoms with Crippen LogP contribution in [0.1, 0.15) is 22.3 Å². The largest absolute Gasteiger partial charge is 0.348 e. The van der Waals surface area contributed by atoms with Crippen LogP contribution in [0.3, 0.4) is 0 Å². The summed E-state index contributed by atoms with van der Waals surface area (Å²) < 4.78 is 0. The number of hydrogen-bond acceptors (Lipinski definition) is 3. The van der Waals surface area contributed by atoms with Crippen molar-refractivity contribution >= 4 is 29.1 Å². The van der Waals surface area contributed by atoms with E-state index in [1.54, 1.807) is 54.6 Å². The van der Waals surface area contributed by atoms with Crippen molar-refractivity contribution in [2.75, 3.05) is 5.32 Å². The van der Waals surface area contributed by atoms with Gasteiger partial charge in [-0.2, -0.15) is 5.26 Å². The van der Waals surface area contributed by atoms with Gasteiger partial charge in [0.05, 0.1) is 16.7 Å². The summed E-state index contributed by atoms with van der Waals surface area (Å²) in [6.07, 6.45) is -0.185. The molecule has 0 aliphatic rings. The van der Waals surface area contributed by atoms with Gasteiger partial charge in [-0.15, -0.1) is 0 Å².